The van der Waals surface area contributed by atoms with Gasteiger partial charge in [-0.05, 0) is 24.3 Å². The smallest absolute Gasteiger partial charge is 0.192 e. The molecule has 0 aromatic rings. The molecule has 0 N–H and O–H groups in total. The van der Waals surface area contributed by atoms with Gasteiger partial charge in [-0.1, -0.05) is 0 Å². The minimum absolute atomic E-state index is 0.477. The highest BCUT2D eigenvalue weighted by Gasteiger charge is 2.39. The molecular weight excluding hydrogens is 168 g/mol. The first-order valence-corrected chi connectivity index (χ1v) is 4.69. The lowest BCUT2D eigenvalue weighted by atomic mass is 9.96. The van der Waals surface area contributed by atoms with Crippen LogP contribution in [0.2, 0.25) is 0 Å². The Morgan fingerprint density at radius 1 is 1.36 bits per heavy atom. The van der Waals surface area contributed by atoms with Crippen LogP contribution in [0.3, 0.4) is 0 Å². The number of thioether (sulfide) groups is 1. The average Bonchev–Trinajstić information content (AvgIpc) is 2.06. The Morgan fingerprint density at radius 3 is 2.36 bits per heavy atom. The lowest BCUT2D eigenvalue weighted by Gasteiger charge is -2.24. The van der Waals surface area contributed by atoms with Gasteiger partial charge in [0.25, 0.3) is 0 Å². The summed E-state index contributed by atoms with van der Waals surface area (Å²) in [6.07, 6.45) is 0.955. The SMILES string of the molecule is N#CC(F)(F)C1CCSCC1. The first-order valence-electron chi connectivity index (χ1n) is 3.53. The van der Waals surface area contributed by atoms with E-state index in [1.165, 1.54) is 0 Å². The van der Waals surface area contributed by atoms with Crippen LogP contribution in [-0.4, -0.2) is 17.4 Å². The Hall–Kier alpha value is -0.300. The zero-order chi connectivity index (χ0) is 8.32. The van der Waals surface area contributed by atoms with Crippen LogP contribution in [0.25, 0.3) is 0 Å². The van der Waals surface area contributed by atoms with Crippen LogP contribution in [0.15, 0.2) is 0 Å². The van der Waals surface area contributed by atoms with Crippen LogP contribution in [0.1, 0.15) is 12.8 Å². The van der Waals surface area contributed by atoms with E-state index >= 15 is 0 Å². The molecule has 1 heterocycles. The van der Waals surface area contributed by atoms with Gasteiger partial charge in [0.05, 0.1) is 0 Å². The van der Waals surface area contributed by atoms with Gasteiger partial charge in [0.15, 0.2) is 0 Å². The van der Waals surface area contributed by atoms with Gasteiger partial charge in [-0.15, -0.1) is 0 Å². The second-order valence-electron chi connectivity index (χ2n) is 2.62. The van der Waals surface area contributed by atoms with Gasteiger partial charge in [0, 0.05) is 5.92 Å². The van der Waals surface area contributed by atoms with Crippen molar-refractivity contribution in [3.63, 3.8) is 0 Å². The molecule has 1 nitrogen and oxygen atoms in total. The minimum atomic E-state index is -3.10. The Bertz CT molecular complexity index is 170. The van der Waals surface area contributed by atoms with Gasteiger partial charge >= 0.3 is 5.92 Å². The lowest BCUT2D eigenvalue weighted by molar-refractivity contribution is -0.00446. The molecule has 1 aliphatic rings. The Balaban J connectivity index is 2.52. The van der Waals surface area contributed by atoms with Gasteiger partial charge in [0.1, 0.15) is 6.07 Å². The number of hydrogen-bond acceptors (Lipinski definition) is 2. The molecule has 1 saturated heterocycles. The first kappa shape index (κ1) is 8.79. The molecular formula is C7H9F2NS. The molecule has 0 aromatic carbocycles. The third kappa shape index (κ3) is 2.06. The maximum absolute atomic E-state index is 12.7. The van der Waals surface area contributed by atoms with Crippen molar-refractivity contribution in [1.29, 1.82) is 5.26 Å². The van der Waals surface area contributed by atoms with Crippen LogP contribution in [0.4, 0.5) is 8.78 Å². The normalized spacial score (nSPS) is 21.2. The molecule has 0 saturated carbocycles. The molecule has 0 unspecified atom stereocenters. The van der Waals surface area contributed by atoms with Crippen molar-refractivity contribution in [2.75, 3.05) is 11.5 Å². The summed E-state index contributed by atoms with van der Waals surface area (Å²) < 4.78 is 25.3. The molecule has 0 radical (unpaired) electrons. The quantitative estimate of drug-likeness (QED) is 0.613. The van der Waals surface area contributed by atoms with E-state index in [4.69, 9.17) is 5.26 Å². The second kappa shape index (κ2) is 3.40. The standard InChI is InChI=1S/C7H9F2NS/c8-7(9,5-10)6-1-3-11-4-2-6/h6H,1-4H2. The summed E-state index contributed by atoms with van der Waals surface area (Å²) in [6.45, 7) is 0. The number of alkyl halides is 2. The van der Waals surface area contributed by atoms with E-state index in [0.717, 1.165) is 17.6 Å². The summed E-state index contributed by atoms with van der Waals surface area (Å²) in [5.41, 5.74) is 0. The van der Waals surface area contributed by atoms with Gasteiger partial charge in [0.2, 0.25) is 0 Å². The Kier molecular flexibility index (Phi) is 2.72. The third-order valence-electron chi connectivity index (χ3n) is 1.88. The van der Waals surface area contributed by atoms with Crippen molar-refractivity contribution >= 4 is 11.8 Å². The monoisotopic (exact) mass is 177 g/mol. The molecule has 0 aliphatic carbocycles. The maximum Gasteiger partial charge on any atom is 0.334 e. The molecule has 0 amide bonds. The van der Waals surface area contributed by atoms with E-state index in [-0.39, 0.29) is 0 Å². The van der Waals surface area contributed by atoms with Crippen LogP contribution in [0, 0.1) is 17.2 Å². The summed E-state index contributed by atoms with van der Waals surface area (Å²) in [7, 11) is 0. The van der Waals surface area contributed by atoms with E-state index < -0.39 is 11.8 Å². The number of nitrogens with zero attached hydrogens (tertiary/aromatic N) is 1. The van der Waals surface area contributed by atoms with E-state index in [1.807, 2.05) is 0 Å². The Labute approximate surface area is 68.8 Å². The van der Waals surface area contributed by atoms with Gasteiger partial charge in [-0.2, -0.15) is 25.8 Å². The summed E-state index contributed by atoms with van der Waals surface area (Å²) in [4.78, 5) is 0. The van der Waals surface area contributed by atoms with E-state index in [1.54, 1.807) is 11.8 Å². The highest BCUT2D eigenvalue weighted by atomic mass is 32.2. The highest BCUT2D eigenvalue weighted by Crippen LogP contribution is 2.34. The summed E-state index contributed by atoms with van der Waals surface area (Å²) in [5, 5.41) is 8.14. The fourth-order valence-electron chi connectivity index (χ4n) is 1.15. The van der Waals surface area contributed by atoms with E-state index in [0.29, 0.717) is 12.8 Å². The second-order valence-corrected chi connectivity index (χ2v) is 3.85. The van der Waals surface area contributed by atoms with Crippen LogP contribution >= 0.6 is 11.8 Å². The molecule has 0 atom stereocenters. The third-order valence-corrected chi connectivity index (χ3v) is 2.93. The van der Waals surface area contributed by atoms with Gasteiger partial charge < -0.3 is 0 Å². The predicted octanol–water partition coefficient (Wildman–Crippen LogP) is 2.29. The van der Waals surface area contributed by atoms with Crippen molar-refractivity contribution in [3.05, 3.63) is 0 Å². The summed E-state index contributed by atoms with van der Waals surface area (Å²) >= 11 is 1.68. The number of hydrogen-bond donors (Lipinski definition) is 0. The molecule has 0 bridgehead atoms. The lowest BCUT2D eigenvalue weighted by Crippen LogP contribution is -2.29. The average molecular weight is 177 g/mol. The van der Waals surface area contributed by atoms with Crippen molar-refractivity contribution in [2.24, 2.45) is 5.92 Å². The fourth-order valence-corrected chi connectivity index (χ4v) is 2.26. The zero-order valence-electron chi connectivity index (χ0n) is 6.02. The van der Waals surface area contributed by atoms with E-state index in [2.05, 4.69) is 0 Å². The molecule has 1 aliphatic heterocycles. The molecule has 11 heavy (non-hydrogen) atoms. The molecule has 1 rings (SSSR count). The van der Waals surface area contributed by atoms with Gasteiger partial charge in [-0.3, -0.25) is 0 Å². The zero-order valence-corrected chi connectivity index (χ0v) is 6.83. The maximum atomic E-state index is 12.7. The van der Waals surface area contributed by atoms with Crippen molar-refractivity contribution in [1.82, 2.24) is 0 Å². The van der Waals surface area contributed by atoms with Gasteiger partial charge in [-0.25, -0.2) is 0 Å². The highest BCUT2D eigenvalue weighted by molar-refractivity contribution is 7.99. The molecule has 1 fully saturated rings. The minimum Gasteiger partial charge on any atom is -0.192 e. The fraction of sp³-hybridized carbons (Fsp3) is 0.857. The summed E-state index contributed by atoms with van der Waals surface area (Å²) in [5.74, 6) is -2.26. The van der Waals surface area contributed by atoms with Crippen LogP contribution in [0.5, 0.6) is 0 Å². The van der Waals surface area contributed by atoms with E-state index in [9.17, 15) is 8.78 Å². The van der Waals surface area contributed by atoms with Crippen molar-refractivity contribution < 1.29 is 8.78 Å². The molecule has 0 spiro atoms. The number of nitriles is 1. The number of rotatable bonds is 1. The van der Waals surface area contributed by atoms with Crippen LogP contribution in [-0.2, 0) is 0 Å². The molecule has 0 aromatic heterocycles. The largest absolute Gasteiger partial charge is 0.334 e. The van der Waals surface area contributed by atoms with Crippen LogP contribution < -0.4 is 0 Å². The molecule has 4 heteroatoms. The van der Waals surface area contributed by atoms with Crippen molar-refractivity contribution in [3.8, 4) is 6.07 Å². The summed E-state index contributed by atoms with van der Waals surface area (Å²) in [6, 6.07) is 1.07. The number of halogens is 2. The topological polar surface area (TPSA) is 23.8 Å². The first-order chi connectivity index (χ1) is 5.17. The molecule has 62 valence electrons. The Morgan fingerprint density at radius 2 is 1.91 bits per heavy atom. The van der Waals surface area contributed by atoms with Crippen molar-refractivity contribution in [2.45, 2.75) is 18.8 Å². The predicted molar refractivity (Wildman–Crippen MR) is 40.6 cm³/mol.